The molecule has 0 radical (unpaired) electrons. The number of nitrogens with two attached hydrogens (primary N) is 1. The van der Waals surface area contributed by atoms with Crippen LogP contribution in [-0.2, 0) is 12.1 Å². The highest BCUT2D eigenvalue weighted by molar-refractivity contribution is 8.15. The van der Waals surface area contributed by atoms with Crippen LogP contribution in [0.2, 0.25) is 0 Å². The summed E-state index contributed by atoms with van der Waals surface area (Å²) >= 11 is 2.20. The molecular weight excluding hydrogens is 556 g/mol. The Morgan fingerprint density at radius 1 is 1.23 bits per heavy atom. The number of anilines is 2. The van der Waals surface area contributed by atoms with Gasteiger partial charge in [-0.25, -0.2) is 32.5 Å². The maximum atomic E-state index is 15.1. The Balaban J connectivity index is 1.30. The van der Waals surface area contributed by atoms with Gasteiger partial charge in [0.05, 0.1) is 22.0 Å². The normalized spacial score (nSPS) is 24.0. The van der Waals surface area contributed by atoms with Gasteiger partial charge < -0.3 is 15.8 Å². The van der Waals surface area contributed by atoms with Crippen LogP contribution in [0.4, 0.5) is 29.1 Å². The minimum Gasteiger partial charge on any atom is -0.469 e. The molecule has 202 valence electrons. The van der Waals surface area contributed by atoms with Gasteiger partial charge in [0.2, 0.25) is 5.88 Å². The number of amidine groups is 1. The monoisotopic (exact) mass is 576 g/mol. The number of alkyl halides is 2. The average molecular weight is 577 g/mol. The van der Waals surface area contributed by atoms with Crippen LogP contribution < -0.4 is 15.8 Å². The van der Waals surface area contributed by atoms with E-state index >= 15 is 4.39 Å². The number of fused-ring (bicyclic) bond motifs is 2. The molecule has 15 heteroatoms. The average Bonchev–Trinajstić information content (AvgIpc) is 3.51. The van der Waals surface area contributed by atoms with E-state index in [1.54, 1.807) is 6.07 Å². The number of thioether (sulfide) groups is 1. The molecule has 1 aliphatic carbocycles. The van der Waals surface area contributed by atoms with Gasteiger partial charge >= 0.3 is 0 Å². The fourth-order valence-corrected chi connectivity index (χ4v) is 6.85. The maximum Gasteiger partial charge on any atom is 0.253 e. The second-order valence-electron chi connectivity index (χ2n) is 9.40. The number of pyridine rings is 1. The van der Waals surface area contributed by atoms with Crippen molar-refractivity contribution in [3.8, 4) is 5.88 Å². The van der Waals surface area contributed by atoms with E-state index in [1.807, 2.05) is 6.92 Å². The van der Waals surface area contributed by atoms with Crippen LogP contribution >= 0.6 is 23.1 Å². The predicted octanol–water partition coefficient (Wildman–Crippen LogP) is 5.09. The summed E-state index contributed by atoms with van der Waals surface area (Å²) in [6.07, 6.45) is 0.279. The minimum absolute atomic E-state index is 0.0816. The van der Waals surface area contributed by atoms with Gasteiger partial charge in [-0.15, -0.1) is 10.2 Å². The summed E-state index contributed by atoms with van der Waals surface area (Å²) < 4.78 is 61.9. The number of benzene rings is 1. The van der Waals surface area contributed by atoms with Gasteiger partial charge in [0, 0.05) is 29.4 Å². The quantitative estimate of drug-likeness (QED) is 0.290. The van der Waals surface area contributed by atoms with Crippen molar-refractivity contribution in [1.29, 1.82) is 0 Å². The van der Waals surface area contributed by atoms with E-state index in [0.717, 1.165) is 22.8 Å². The second kappa shape index (κ2) is 9.26. The standard InChI is InChI=1S/C24H20F4N8OS2/c1-10-35-36-17(38-10)9-37-16-8-31-19-14(33-16)3-4-30-20(19)32-11-5-12(18(26)13(25)6-11)23(2)15-7-24(15,21(27)28)39-22(29)34-23/h3-6,8,15,21H,7,9H2,1-2H3,(H2,29,34)(H,30,32)/t15-,23+,24-/m0/s1. The number of nitrogens with one attached hydrogen (secondary N) is 1. The Kier molecular flexibility index (Phi) is 6.10. The van der Waals surface area contributed by atoms with Crippen molar-refractivity contribution in [3.63, 3.8) is 0 Å². The highest BCUT2D eigenvalue weighted by Crippen LogP contribution is 2.68. The highest BCUT2D eigenvalue weighted by Gasteiger charge is 2.71. The molecule has 4 heterocycles. The molecule has 1 fully saturated rings. The number of halogens is 4. The molecule has 9 nitrogen and oxygen atoms in total. The molecule has 3 atom stereocenters. The van der Waals surface area contributed by atoms with E-state index in [4.69, 9.17) is 10.5 Å². The number of hydrogen-bond acceptors (Lipinski definition) is 11. The van der Waals surface area contributed by atoms with Crippen molar-refractivity contribution < 1.29 is 22.3 Å². The Labute approximate surface area is 227 Å². The van der Waals surface area contributed by atoms with Crippen molar-refractivity contribution in [1.82, 2.24) is 25.1 Å². The van der Waals surface area contributed by atoms with Crippen molar-refractivity contribution in [2.45, 2.75) is 43.6 Å². The third-order valence-corrected chi connectivity index (χ3v) is 8.95. The number of aliphatic imine (C=N–C) groups is 1. The summed E-state index contributed by atoms with van der Waals surface area (Å²) in [5.74, 6) is -2.56. The van der Waals surface area contributed by atoms with Crippen LogP contribution in [0.15, 0.2) is 35.6 Å². The first kappa shape index (κ1) is 25.7. The molecule has 1 aromatic carbocycles. The van der Waals surface area contributed by atoms with Crippen LogP contribution in [0.3, 0.4) is 0 Å². The SMILES string of the molecule is Cc1nnc(COc2cnc3c(Nc4cc(F)c(F)c([C@@]5(C)N=C(N)S[C@@]6(C(F)F)C[C@@H]56)c4)nccc3n2)s1. The molecule has 3 aromatic heterocycles. The summed E-state index contributed by atoms with van der Waals surface area (Å²) in [5.41, 5.74) is 5.15. The Hall–Kier alpha value is -3.59. The van der Waals surface area contributed by atoms with E-state index < -0.39 is 34.3 Å². The van der Waals surface area contributed by atoms with Gasteiger partial charge in [-0.05, 0) is 32.4 Å². The number of aromatic nitrogens is 5. The van der Waals surface area contributed by atoms with Gasteiger partial charge in [0.25, 0.3) is 6.43 Å². The Bertz CT molecular complexity index is 1640. The molecule has 1 aliphatic heterocycles. The molecule has 0 spiro atoms. The molecule has 0 bridgehead atoms. The largest absolute Gasteiger partial charge is 0.469 e. The fourth-order valence-electron chi connectivity index (χ4n) is 4.89. The van der Waals surface area contributed by atoms with Crippen LogP contribution in [0.25, 0.3) is 11.0 Å². The zero-order chi connectivity index (χ0) is 27.5. The lowest BCUT2D eigenvalue weighted by Crippen LogP contribution is -2.39. The van der Waals surface area contributed by atoms with E-state index in [2.05, 4.69) is 35.5 Å². The Morgan fingerprint density at radius 2 is 2.05 bits per heavy atom. The van der Waals surface area contributed by atoms with Crippen LogP contribution in [-0.4, -0.2) is 41.5 Å². The third kappa shape index (κ3) is 4.42. The fraction of sp³-hybridized carbons (Fsp3) is 0.333. The van der Waals surface area contributed by atoms with Gasteiger partial charge in [0.15, 0.2) is 27.6 Å². The van der Waals surface area contributed by atoms with E-state index in [9.17, 15) is 13.2 Å². The second-order valence-corrected chi connectivity index (χ2v) is 12.0. The summed E-state index contributed by atoms with van der Waals surface area (Å²) in [6, 6.07) is 3.92. The Morgan fingerprint density at radius 3 is 2.79 bits per heavy atom. The topological polar surface area (TPSA) is 124 Å². The predicted molar refractivity (Wildman–Crippen MR) is 139 cm³/mol. The maximum absolute atomic E-state index is 15.1. The molecule has 4 aromatic rings. The summed E-state index contributed by atoms with van der Waals surface area (Å²) in [5, 5.41) is 12.3. The molecular formula is C24H20F4N8OS2. The summed E-state index contributed by atoms with van der Waals surface area (Å²) in [6.45, 7) is 3.52. The van der Waals surface area contributed by atoms with E-state index in [0.29, 0.717) is 16.0 Å². The van der Waals surface area contributed by atoms with Crippen molar-refractivity contribution >= 4 is 50.8 Å². The highest BCUT2D eigenvalue weighted by atomic mass is 32.2. The van der Waals surface area contributed by atoms with E-state index in [1.165, 1.54) is 36.7 Å². The van der Waals surface area contributed by atoms with Crippen LogP contribution in [0.5, 0.6) is 5.88 Å². The molecule has 3 N–H and O–H groups in total. The van der Waals surface area contributed by atoms with Gasteiger partial charge in [-0.2, -0.15) is 0 Å². The van der Waals surface area contributed by atoms with Crippen LogP contribution in [0, 0.1) is 24.5 Å². The van der Waals surface area contributed by atoms with E-state index in [-0.39, 0.29) is 41.1 Å². The zero-order valence-electron chi connectivity index (χ0n) is 20.5. The van der Waals surface area contributed by atoms with Crippen molar-refractivity contribution in [2.75, 3.05) is 5.32 Å². The van der Waals surface area contributed by atoms with Crippen LogP contribution in [0.1, 0.15) is 28.9 Å². The molecule has 39 heavy (non-hydrogen) atoms. The lowest BCUT2D eigenvalue weighted by Gasteiger charge is -2.34. The first-order chi connectivity index (χ1) is 18.6. The van der Waals surface area contributed by atoms with Gasteiger partial charge in [-0.1, -0.05) is 23.1 Å². The lowest BCUT2D eigenvalue weighted by molar-refractivity contribution is 0.123. The molecule has 6 rings (SSSR count). The molecule has 0 unspecified atom stereocenters. The van der Waals surface area contributed by atoms with Gasteiger partial charge in [-0.3, -0.25) is 4.99 Å². The minimum atomic E-state index is -2.69. The molecule has 1 saturated carbocycles. The first-order valence-corrected chi connectivity index (χ1v) is 13.3. The number of aryl methyl sites for hydroxylation is 1. The number of rotatable bonds is 7. The third-order valence-electron chi connectivity index (χ3n) is 6.82. The smallest absolute Gasteiger partial charge is 0.253 e. The van der Waals surface area contributed by atoms with Gasteiger partial charge in [0.1, 0.15) is 17.1 Å². The van der Waals surface area contributed by atoms with Crippen molar-refractivity contribution in [2.24, 2.45) is 16.6 Å². The number of hydrogen-bond donors (Lipinski definition) is 2. The summed E-state index contributed by atoms with van der Waals surface area (Å²) in [7, 11) is 0. The first-order valence-electron chi connectivity index (χ1n) is 11.7. The molecule has 0 amide bonds. The number of ether oxygens (including phenoxy) is 1. The molecule has 0 saturated heterocycles. The molecule has 2 aliphatic rings. The van der Waals surface area contributed by atoms with Crippen molar-refractivity contribution in [3.05, 3.63) is 57.8 Å². The zero-order valence-corrected chi connectivity index (χ0v) is 22.1. The number of nitrogens with zero attached hydrogens (tertiary/aromatic N) is 6. The lowest BCUT2D eigenvalue weighted by atomic mass is 9.85. The summed E-state index contributed by atoms with van der Waals surface area (Å²) in [4.78, 5) is 17.4.